The third-order valence-electron chi connectivity index (χ3n) is 11.7. The Morgan fingerprint density at radius 2 is 1.39 bits per heavy atom. The highest BCUT2D eigenvalue weighted by molar-refractivity contribution is 7.61. The lowest BCUT2D eigenvalue weighted by atomic mass is 10.0. The average molecular weight is 1060 g/mol. The van der Waals surface area contributed by atoms with Gasteiger partial charge in [-0.3, -0.25) is 23.2 Å². The zero-order chi connectivity index (χ0) is 53.0. The van der Waals surface area contributed by atoms with Crippen LogP contribution in [0.15, 0.2) is 65.7 Å². The van der Waals surface area contributed by atoms with Crippen LogP contribution < -0.4 is 11.4 Å². The number of ether oxygens (including phenoxy) is 3. The van der Waals surface area contributed by atoms with Crippen molar-refractivity contribution in [2.75, 3.05) is 25.6 Å². The van der Waals surface area contributed by atoms with Gasteiger partial charge in [0.2, 0.25) is 0 Å². The Labute approximate surface area is 427 Å². The monoisotopic (exact) mass is 1060 g/mol. The molecule has 7 N–H and O–H groups in total. The van der Waals surface area contributed by atoms with Crippen LogP contribution in [0.3, 0.4) is 0 Å². The van der Waals surface area contributed by atoms with E-state index in [4.69, 9.17) is 29.0 Å². The number of nitrogen functional groups attached to an aromatic ring is 1. The number of hydrogen-bond donors (Lipinski definition) is 6. The van der Waals surface area contributed by atoms with Crippen molar-refractivity contribution in [3.63, 3.8) is 0 Å². The van der Waals surface area contributed by atoms with Crippen LogP contribution in [0.2, 0.25) is 0 Å². The second kappa shape index (κ2) is 38.3. The van der Waals surface area contributed by atoms with Crippen LogP contribution in [0.1, 0.15) is 181 Å². The number of anilines is 1. The predicted molar refractivity (Wildman–Crippen MR) is 276 cm³/mol. The summed E-state index contributed by atoms with van der Waals surface area (Å²) in [5, 5.41) is 31.0. The van der Waals surface area contributed by atoms with E-state index in [1.165, 1.54) is 76.7 Å². The van der Waals surface area contributed by atoms with Crippen molar-refractivity contribution in [3.8, 4) is 0 Å². The highest BCUT2D eigenvalue weighted by Crippen LogP contribution is 2.60. The minimum atomic E-state index is -5.45. The molecule has 21 heteroatoms. The van der Waals surface area contributed by atoms with Gasteiger partial charge in [0, 0.05) is 19.0 Å². The van der Waals surface area contributed by atoms with Gasteiger partial charge in [-0.15, -0.1) is 0 Å². The molecule has 0 bridgehead atoms. The number of phosphoric ester groups is 2. The van der Waals surface area contributed by atoms with Crippen molar-refractivity contribution in [3.05, 3.63) is 71.4 Å². The summed E-state index contributed by atoms with van der Waals surface area (Å²) < 4.78 is 56.7. The van der Waals surface area contributed by atoms with Crippen molar-refractivity contribution < 1.29 is 71.4 Å². The van der Waals surface area contributed by atoms with E-state index in [1.54, 1.807) is 12.2 Å². The number of nitrogens with zero attached hydrogens (tertiary/aromatic N) is 2. The fraction of sp³-hybridized carbons (Fsp3) is 0.725. The van der Waals surface area contributed by atoms with Gasteiger partial charge < -0.3 is 45.1 Å². The van der Waals surface area contributed by atoms with E-state index in [1.807, 2.05) is 30.4 Å². The number of rotatable bonds is 42. The molecule has 0 spiro atoms. The van der Waals surface area contributed by atoms with Crippen molar-refractivity contribution in [1.82, 2.24) is 9.55 Å². The van der Waals surface area contributed by atoms with Crippen molar-refractivity contribution in [2.45, 2.75) is 212 Å². The van der Waals surface area contributed by atoms with Crippen LogP contribution in [-0.2, 0) is 46.3 Å². The number of aliphatic hydroxyl groups excluding tert-OH is 3. The molecule has 1 aromatic rings. The maximum Gasteiger partial charge on any atom is 0.481 e. The smallest absolute Gasteiger partial charge is 0.462 e. The number of nitrogens with two attached hydrogens (primary N) is 1. The average Bonchev–Trinajstić information content (AvgIpc) is 3.60. The van der Waals surface area contributed by atoms with Crippen LogP contribution in [0.25, 0.3) is 0 Å². The van der Waals surface area contributed by atoms with Gasteiger partial charge in [0.25, 0.3) is 0 Å². The van der Waals surface area contributed by atoms with Gasteiger partial charge in [-0.1, -0.05) is 166 Å². The molecule has 8 atom stereocenters. The molecule has 19 nitrogen and oxygen atoms in total. The lowest BCUT2D eigenvalue weighted by Crippen LogP contribution is -2.36. The van der Waals surface area contributed by atoms with Crippen molar-refractivity contribution in [1.29, 1.82) is 0 Å². The van der Waals surface area contributed by atoms with Crippen molar-refractivity contribution >= 4 is 33.4 Å². The number of carbonyl (C=O) groups is 2. The van der Waals surface area contributed by atoms with Crippen LogP contribution in [0, 0.1) is 5.92 Å². The normalized spacial score (nSPS) is 20.0. The van der Waals surface area contributed by atoms with Crippen LogP contribution >= 0.6 is 15.6 Å². The number of aromatic nitrogens is 2. The molecule has 0 aliphatic carbocycles. The van der Waals surface area contributed by atoms with E-state index in [0.717, 1.165) is 55.2 Å². The molecule has 72 heavy (non-hydrogen) atoms. The Morgan fingerprint density at radius 3 is 2.04 bits per heavy atom. The first-order valence-corrected chi connectivity index (χ1v) is 29.1. The first kappa shape index (κ1) is 64.8. The maximum atomic E-state index is 12.9. The largest absolute Gasteiger partial charge is 0.481 e. The van der Waals surface area contributed by atoms with Gasteiger partial charge in [-0.2, -0.15) is 9.29 Å². The molecule has 0 radical (unpaired) electrons. The molecule has 2 unspecified atom stereocenters. The molecule has 2 rings (SSSR count). The van der Waals surface area contributed by atoms with E-state index in [-0.39, 0.29) is 18.7 Å². The summed E-state index contributed by atoms with van der Waals surface area (Å²) in [6, 6.07) is 1.24. The van der Waals surface area contributed by atoms with Crippen LogP contribution in [0.4, 0.5) is 5.82 Å². The summed E-state index contributed by atoms with van der Waals surface area (Å²) in [5.74, 6) is -0.623. The van der Waals surface area contributed by atoms with Gasteiger partial charge in [-0.05, 0) is 56.9 Å². The fourth-order valence-corrected chi connectivity index (χ4v) is 9.69. The Bertz CT molecular complexity index is 1930. The summed E-state index contributed by atoms with van der Waals surface area (Å²) >= 11 is 0. The Balaban J connectivity index is 1.83. The quantitative estimate of drug-likeness (QED) is 0.0117. The van der Waals surface area contributed by atoms with Crippen LogP contribution in [0.5, 0.6) is 0 Å². The zero-order valence-corrected chi connectivity index (χ0v) is 44.8. The molecule has 1 fully saturated rings. The molecule has 0 saturated carbocycles. The molecule has 0 aromatic carbocycles. The molecule has 1 aromatic heterocycles. The predicted octanol–water partition coefficient (Wildman–Crippen LogP) is 9.77. The van der Waals surface area contributed by atoms with Gasteiger partial charge in [0.15, 0.2) is 12.3 Å². The molecule has 2 heterocycles. The molecule has 0 amide bonds. The SMILES string of the molecule is CCCCC/C=C\C[C@H](O)/C=C/C=C\C/C=C\CCCC(=O)O[C@H](COC(=O)CCCCCCCCCCCCCCCC(C)C)COP(=O)(O)OP(=O)(O)OC[C@H]1O[C@@H](n2ccc(N)nc2=O)[C@H](O)[C@@H]1O. The lowest BCUT2D eigenvalue weighted by Gasteiger charge is -2.21. The molecule has 1 saturated heterocycles. The Kier molecular flexibility index (Phi) is 34.4. The number of carbonyl (C=O) groups excluding carboxylic acids is 2. The van der Waals surface area contributed by atoms with E-state index in [0.29, 0.717) is 32.1 Å². The Hall–Kier alpha value is -3.32. The number of aliphatic hydroxyl groups is 3. The minimum absolute atomic E-state index is 0.0576. The molecule has 1 aliphatic heterocycles. The molecular formula is C51H87N3O16P2. The molecular weight excluding hydrogens is 973 g/mol. The summed E-state index contributed by atoms with van der Waals surface area (Å²) in [4.78, 5) is 61.9. The number of esters is 2. The van der Waals surface area contributed by atoms with Gasteiger partial charge in [0.05, 0.1) is 19.3 Å². The van der Waals surface area contributed by atoms with Gasteiger partial charge in [-0.25, -0.2) is 13.9 Å². The lowest BCUT2D eigenvalue weighted by molar-refractivity contribution is -0.161. The standard InChI is InChI=1S/C51H87N3O16P2/c1-4-5-6-7-22-27-32-42(55)33-28-23-18-15-16-20-25-30-35-47(57)68-43(38-65-46(56)34-29-24-19-14-12-10-8-9-11-13-17-21-26-31-41(2)3)39-66-71(61,62)70-72(63,64)67-40-44-48(58)49(59)50(69-44)54-37-36-45(52)53-51(54)60/h16,18,20,22-23,27-28,33,36-37,41-44,48-50,55,58-59H,4-15,17,19,21,24-26,29-32,34-35,38-40H2,1-3H3,(H,61,62)(H,63,64)(H2,52,53,60)/b20-16-,23-18-,27-22-,33-28+/t42-,43+,44+,48+,49+,50+/m0/s1. The topological polar surface area (TPSA) is 286 Å². The van der Waals surface area contributed by atoms with E-state index in [2.05, 4.69) is 36.1 Å². The van der Waals surface area contributed by atoms with Crippen LogP contribution in [-0.4, -0.2) is 96.9 Å². The van der Waals surface area contributed by atoms with E-state index in [9.17, 15) is 48.6 Å². The van der Waals surface area contributed by atoms with Gasteiger partial charge >= 0.3 is 33.3 Å². The summed E-state index contributed by atoms with van der Waals surface area (Å²) in [5.41, 5.74) is 4.58. The first-order chi connectivity index (χ1) is 34.4. The third-order valence-corrected chi connectivity index (χ3v) is 14.3. The third kappa shape index (κ3) is 31.4. The first-order valence-electron chi connectivity index (χ1n) is 26.1. The number of allylic oxidation sites excluding steroid dienone is 6. The number of phosphoric acid groups is 2. The van der Waals surface area contributed by atoms with Crippen molar-refractivity contribution in [2.24, 2.45) is 5.92 Å². The van der Waals surface area contributed by atoms with E-state index < -0.39 is 89.8 Å². The zero-order valence-electron chi connectivity index (χ0n) is 43.0. The summed E-state index contributed by atoms with van der Waals surface area (Å²) in [6.07, 6.45) is 30.9. The maximum absolute atomic E-state index is 12.9. The van der Waals surface area contributed by atoms with E-state index >= 15 is 0 Å². The summed E-state index contributed by atoms with van der Waals surface area (Å²) in [7, 11) is -10.9. The highest BCUT2D eigenvalue weighted by Gasteiger charge is 2.46. The second-order valence-corrected chi connectivity index (χ2v) is 21.7. The Morgan fingerprint density at radius 1 is 0.778 bits per heavy atom. The number of unbranched alkanes of at least 4 members (excludes halogenated alkanes) is 16. The summed E-state index contributed by atoms with van der Waals surface area (Å²) in [6.45, 7) is 4.31. The second-order valence-electron chi connectivity index (χ2n) is 18.7. The fourth-order valence-electron chi connectivity index (χ4n) is 7.57. The number of hydrogen-bond acceptors (Lipinski definition) is 16. The molecule has 1 aliphatic rings. The minimum Gasteiger partial charge on any atom is -0.462 e. The molecule has 412 valence electrons. The van der Waals surface area contributed by atoms with Gasteiger partial charge in [0.1, 0.15) is 30.7 Å². The highest BCUT2D eigenvalue weighted by atomic mass is 31.3.